The van der Waals surface area contributed by atoms with Crippen LogP contribution in [0.25, 0.3) is 0 Å². The van der Waals surface area contributed by atoms with Crippen molar-refractivity contribution >= 4 is 29.1 Å². The second-order valence-electron chi connectivity index (χ2n) is 3.90. The number of halogens is 1. The molecule has 7 heteroatoms. The van der Waals surface area contributed by atoms with Crippen molar-refractivity contribution in [1.82, 2.24) is 20.2 Å². The predicted molar refractivity (Wildman–Crippen MR) is 66.1 cm³/mol. The standard InChI is InChI=1S/C10H10ClN5S/c11-7-2-1-3-8(12)9(7)17-10-13-14-15-16(10)6-4-5-6/h1-3,6H,4-5,12H2. The number of nitrogens with zero attached hydrogens (tertiary/aromatic N) is 4. The lowest BCUT2D eigenvalue weighted by Crippen LogP contribution is -1.99. The summed E-state index contributed by atoms with van der Waals surface area (Å²) >= 11 is 7.53. The summed E-state index contributed by atoms with van der Waals surface area (Å²) in [5.74, 6) is 0. The van der Waals surface area contributed by atoms with Gasteiger partial charge in [0.2, 0.25) is 5.16 Å². The molecule has 0 saturated heterocycles. The molecule has 0 aliphatic heterocycles. The number of aromatic nitrogens is 4. The van der Waals surface area contributed by atoms with Gasteiger partial charge in [0.05, 0.1) is 16.0 Å². The third-order valence-electron chi connectivity index (χ3n) is 2.55. The van der Waals surface area contributed by atoms with Gasteiger partial charge in [-0.25, -0.2) is 4.68 Å². The van der Waals surface area contributed by atoms with E-state index in [4.69, 9.17) is 17.3 Å². The van der Waals surface area contributed by atoms with Crippen LogP contribution in [0.5, 0.6) is 0 Å². The van der Waals surface area contributed by atoms with Crippen LogP contribution in [-0.2, 0) is 0 Å². The van der Waals surface area contributed by atoms with E-state index in [-0.39, 0.29) is 0 Å². The number of hydrogen-bond donors (Lipinski definition) is 1. The van der Waals surface area contributed by atoms with E-state index < -0.39 is 0 Å². The van der Waals surface area contributed by atoms with Crippen LogP contribution in [0.1, 0.15) is 18.9 Å². The van der Waals surface area contributed by atoms with Gasteiger partial charge in [0.15, 0.2) is 0 Å². The minimum Gasteiger partial charge on any atom is -0.398 e. The maximum absolute atomic E-state index is 6.12. The smallest absolute Gasteiger partial charge is 0.214 e. The quantitative estimate of drug-likeness (QED) is 0.865. The largest absolute Gasteiger partial charge is 0.398 e. The Balaban J connectivity index is 1.93. The third-order valence-corrected chi connectivity index (χ3v) is 4.08. The van der Waals surface area contributed by atoms with Crippen LogP contribution in [0.2, 0.25) is 5.02 Å². The van der Waals surface area contributed by atoms with Gasteiger partial charge in [-0.15, -0.1) is 5.10 Å². The fourth-order valence-electron chi connectivity index (χ4n) is 1.53. The second-order valence-corrected chi connectivity index (χ2v) is 5.28. The highest BCUT2D eigenvalue weighted by atomic mass is 35.5. The van der Waals surface area contributed by atoms with E-state index in [0.29, 0.717) is 16.8 Å². The summed E-state index contributed by atoms with van der Waals surface area (Å²) in [4.78, 5) is 0.811. The molecule has 0 amide bonds. The van der Waals surface area contributed by atoms with Crippen LogP contribution in [-0.4, -0.2) is 20.2 Å². The van der Waals surface area contributed by atoms with Crippen molar-refractivity contribution in [2.45, 2.75) is 28.9 Å². The zero-order chi connectivity index (χ0) is 11.8. The Kier molecular flexibility index (Phi) is 2.68. The Hall–Kier alpha value is -1.27. The first-order valence-electron chi connectivity index (χ1n) is 5.25. The van der Waals surface area contributed by atoms with Gasteiger partial charge in [0.25, 0.3) is 0 Å². The molecule has 1 aliphatic carbocycles. The van der Waals surface area contributed by atoms with Gasteiger partial charge in [-0.2, -0.15) is 0 Å². The van der Waals surface area contributed by atoms with Crippen LogP contribution in [0.3, 0.4) is 0 Å². The normalized spacial score (nSPS) is 15.1. The minimum atomic E-state index is 0.441. The lowest BCUT2D eigenvalue weighted by molar-refractivity contribution is 0.565. The Morgan fingerprint density at radius 1 is 1.41 bits per heavy atom. The number of nitrogens with two attached hydrogens (primary N) is 1. The van der Waals surface area contributed by atoms with Gasteiger partial charge in [0.1, 0.15) is 0 Å². The molecule has 0 spiro atoms. The number of rotatable bonds is 3. The number of benzene rings is 1. The highest BCUT2D eigenvalue weighted by Gasteiger charge is 2.28. The summed E-state index contributed by atoms with van der Waals surface area (Å²) in [5.41, 5.74) is 6.54. The van der Waals surface area contributed by atoms with Crippen LogP contribution in [0.15, 0.2) is 28.3 Å². The van der Waals surface area contributed by atoms with E-state index in [1.165, 1.54) is 11.8 Å². The van der Waals surface area contributed by atoms with Gasteiger partial charge in [-0.3, -0.25) is 0 Å². The van der Waals surface area contributed by atoms with Crippen LogP contribution in [0, 0.1) is 0 Å². The van der Waals surface area contributed by atoms with E-state index in [9.17, 15) is 0 Å². The molecule has 1 aliphatic rings. The van der Waals surface area contributed by atoms with E-state index in [2.05, 4.69) is 15.5 Å². The van der Waals surface area contributed by atoms with Gasteiger partial charge in [0, 0.05) is 5.69 Å². The lowest BCUT2D eigenvalue weighted by Gasteiger charge is -2.06. The predicted octanol–water partition coefficient (Wildman–Crippen LogP) is 2.39. The first-order valence-corrected chi connectivity index (χ1v) is 6.45. The number of tetrazole rings is 1. The molecule has 1 aromatic carbocycles. The van der Waals surface area contributed by atoms with Gasteiger partial charge in [-0.1, -0.05) is 17.7 Å². The SMILES string of the molecule is Nc1cccc(Cl)c1Sc1nnnn1C1CC1. The highest BCUT2D eigenvalue weighted by molar-refractivity contribution is 7.99. The monoisotopic (exact) mass is 267 g/mol. The molecule has 1 heterocycles. The van der Waals surface area contributed by atoms with Crippen LogP contribution in [0.4, 0.5) is 5.69 Å². The zero-order valence-electron chi connectivity index (χ0n) is 8.88. The average molecular weight is 268 g/mol. The molecular weight excluding hydrogens is 258 g/mol. The Morgan fingerprint density at radius 3 is 2.94 bits per heavy atom. The highest BCUT2D eigenvalue weighted by Crippen LogP contribution is 2.41. The van der Waals surface area contributed by atoms with E-state index in [1.807, 2.05) is 22.9 Å². The number of anilines is 1. The molecule has 0 bridgehead atoms. The summed E-state index contributed by atoms with van der Waals surface area (Å²) < 4.78 is 1.84. The van der Waals surface area contributed by atoms with Gasteiger partial charge in [-0.05, 0) is 47.2 Å². The van der Waals surface area contributed by atoms with Crippen LogP contribution < -0.4 is 5.73 Å². The molecule has 5 nitrogen and oxygen atoms in total. The van der Waals surface area contributed by atoms with Crippen molar-refractivity contribution in [1.29, 1.82) is 0 Å². The molecular formula is C10H10ClN5S. The Bertz CT molecular complexity index is 531. The molecule has 88 valence electrons. The van der Waals surface area contributed by atoms with E-state index in [1.54, 1.807) is 0 Å². The minimum absolute atomic E-state index is 0.441. The van der Waals surface area contributed by atoms with Gasteiger partial charge >= 0.3 is 0 Å². The maximum atomic E-state index is 6.12. The average Bonchev–Trinajstić information content (AvgIpc) is 3.04. The van der Waals surface area contributed by atoms with Crippen molar-refractivity contribution in [3.05, 3.63) is 23.2 Å². The molecule has 0 radical (unpaired) electrons. The molecule has 1 aromatic heterocycles. The first kappa shape index (κ1) is 10.9. The molecule has 3 rings (SSSR count). The molecule has 1 fully saturated rings. The Morgan fingerprint density at radius 2 is 2.24 bits per heavy atom. The molecule has 17 heavy (non-hydrogen) atoms. The van der Waals surface area contributed by atoms with Crippen molar-refractivity contribution in [2.24, 2.45) is 0 Å². The number of nitrogen functional groups attached to an aromatic ring is 1. The third kappa shape index (κ3) is 2.10. The van der Waals surface area contributed by atoms with Crippen molar-refractivity contribution in [2.75, 3.05) is 5.73 Å². The fourth-order valence-corrected chi connectivity index (χ4v) is 2.71. The second kappa shape index (κ2) is 4.19. The van der Waals surface area contributed by atoms with E-state index in [0.717, 1.165) is 22.9 Å². The zero-order valence-corrected chi connectivity index (χ0v) is 10.4. The molecule has 0 unspecified atom stereocenters. The van der Waals surface area contributed by atoms with Crippen LogP contribution >= 0.6 is 23.4 Å². The summed E-state index contributed by atoms with van der Waals surface area (Å²) in [6.07, 6.45) is 2.27. The molecule has 0 atom stereocenters. The first-order chi connectivity index (χ1) is 8.25. The topological polar surface area (TPSA) is 69.6 Å². The molecule has 1 saturated carbocycles. The summed E-state index contributed by atoms with van der Waals surface area (Å²) in [6, 6.07) is 5.90. The van der Waals surface area contributed by atoms with Crippen molar-refractivity contribution in [3.8, 4) is 0 Å². The molecule has 2 aromatic rings. The number of hydrogen-bond acceptors (Lipinski definition) is 5. The maximum Gasteiger partial charge on any atom is 0.214 e. The lowest BCUT2D eigenvalue weighted by atomic mass is 10.3. The van der Waals surface area contributed by atoms with E-state index >= 15 is 0 Å². The Labute approximate surface area is 107 Å². The summed E-state index contributed by atoms with van der Waals surface area (Å²) in [7, 11) is 0. The van der Waals surface area contributed by atoms with Crippen molar-refractivity contribution in [3.63, 3.8) is 0 Å². The summed E-state index contributed by atoms with van der Waals surface area (Å²) in [6.45, 7) is 0. The fraction of sp³-hybridized carbons (Fsp3) is 0.300. The van der Waals surface area contributed by atoms with Crippen molar-refractivity contribution < 1.29 is 0 Å². The van der Waals surface area contributed by atoms with Gasteiger partial charge < -0.3 is 5.73 Å². The summed E-state index contributed by atoms with van der Waals surface area (Å²) in [5, 5.41) is 13.1. The molecule has 2 N–H and O–H groups in total.